The van der Waals surface area contributed by atoms with Crippen LogP contribution in [0.1, 0.15) is 13.3 Å². The van der Waals surface area contributed by atoms with E-state index in [9.17, 15) is 22.0 Å². The molecule has 1 N–H and O–H groups in total. The monoisotopic (exact) mass is 335 g/mol. The maximum absolute atomic E-state index is 13.5. The first-order chi connectivity index (χ1) is 9.77. The van der Waals surface area contributed by atoms with E-state index < -0.39 is 26.7 Å². The summed E-state index contributed by atoms with van der Waals surface area (Å²) < 4.78 is 48.9. The van der Waals surface area contributed by atoms with Crippen molar-refractivity contribution >= 4 is 27.5 Å². The van der Waals surface area contributed by atoms with Crippen molar-refractivity contribution in [2.75, 3.05) is 11.5 Å². The van der Waals surface area contributed by atoms with Crippen LogP contribution in [-0.4, -0.2) is 37.1 Å². The normalized spacial score (nSPS) is 22.0. The van der Waals surface area contributed by atoms with E-state index in [1.54, 1.807) is 6.92 Å². The van der Waals surface area contributed by atoms with Crippen LogP contribution in [0.15, 0.2) is 23.1 Å². The first kappa shape index (κ1) is 16.2. The Morgan fingerprint density at radius 2 is 2.14 bits per heavy atom. The number of halogens is 2. The largest absolute Gasteiger partial charge is 0.351 e. The third kappa shape index (κ3) is 4.41. The number of carbonyl (C=O) groups is 1. The van der Waals surface area contributed by atoms with Crippen molar-refractivity contribution in [1.29, 1.82) is 0 Å². The molecule has 2 atom stereocenters. The van der Waals surface area contributed by atoms with Gasteiger partial charge in [0.2, 0.25) is 5.91 Å². The molecule has 4 nitrogen and oxygen atoms in total. The second-order valence-electron chi connectivity index (χ2n) is 4.94. The molecule has 1 aromatic rings. The molecule has 1 amide bonds. The van der Waals surface area contributed by atoms with E-state index in [0.29, 0.717) is 6.42 Å². The van der Waals surface area contributed by atoms with Crippen LogP contribution in [-0.2, 0) is 14.6 Å². The molecule has 1 saturated heterocycles. The lowest BCUT2D eigenvalue weighted by Gasteiger charge is -2.15. The van der Waals surface area contributed by atoms with Gasteiger partial charge in [-0.1, -0.05) is 0 Å². The van der Waals surface area contributed by atoms with Gasteiger partial charge in [0.15, 0.2) is 9.84 Å². The standard InChI is InChI=1S/C13H15F2NO3S2/c1-8(20-12-3-2-9(14)6-11(12)15)13(17)16-10-4-5-21(18,19)7-10/h2-3,6,8,10H,4-5,7H2,1H3,(H,16,17)/t8-,10-/m1/s1. The lowest BCUT2D eigenvalue weighted by Crippen LogP contribution is -2.39. The zero-order valence-electron chi connectivity index (χ0n) is 11.3. The van der Waals surface area contributed by atoms with E-state index in [1.165, 1.54) is 6.07 Å². The summed E-state index contributed by atoms with van der Waals surface area (Å²) in [5.41, 5.74) is 0. The van der Waals surface area contributed by atoms with Gasteiger partial charge < -0.3 is 5.32 Å². The molecule has 1 aliphatic heterocycles. The van der Waals surface area contributed by atoms with Gasteiger partial charge in [-0.3, -0.25) is 4.79 Å². The molecule has 116 valence electrons. The lowest BCUT2D eigenvalue weighted by atomic mass is 10.2. The van der Waals surface area contributed by atoms with Crippen LogP contribution in [0.3, 0.4) is 0 Å². The maximum Gasteiger partial charge on any atom is 0.233 e. The van der Waals surface area contributed by atoms with Gasteiger partial charge in [-0.15, -0.1) is 11.8 Å². The zero-order chi connectivity index (χ0) is 15.6. The Bertz CT molecular complexity index is 649. The molecular formula is C13H15F2NO3S2. The molecule has 8 heteroatoms. The first-order valence-electron chi connectivity index (χ1n) is 6.39. The van der Waals surface area contributed by atoms with E-state index >= 15 is 0 Å². The van der Waals surface area contributed by atoms with Gasteiger partial charge in [0.1, 0.15) is 11.6 Å². The average Bonchev–Trinajstić information content (AvgIpc) is 2.72. The third-order valence-electron chi connectivity index (χ3n) is 3.15. The number of benzene rings is 1. The van der Waals surface area contributed by atoms with Crippen molar-refractivity contribution < 1.29 is 22.0 Å². The zero-order valence-corrected chi connectivity index (χ0v) is 12.9. The molecule has 1 aliphatic rings. The highest BCUT2D eigenvalue weighted by atomic mass is 32.2. The van der Waals surface area contributed by atoms with Gasteiger partial charge in [-0.25, -0.2) is 17.2 Å². The van der Waals surface area contributed by atoms with Gasteiger partial charge in [-0.2, -0.15) is 0 Å². The number of amides is 1. The molecule has 0 saturated carbocycles. The van der Waals surface area contributed by atoms with Crippen molar-refractivity contribution in [3.05, 3.63) is 29.8 Å². The molecule has 0 unspecified atom stereocenters. The minimum atomic E-state index is -3.06. The molecular weight excluding hydrogens is 320 g/mol. The van der Waals surface area contributed by atoms with Crippen molar-refractivity contribution in [1.82, 2.24) is 5.32 Å². The Balaban J connectivity index is 1.94. The van der Waals surface area contributed by atoms with Gasteiger partial charge in [-0.05, 0) is 25.5 Å². The molecule has 0 radical (unpaired) electrons. The fraction of sp³-hybridized carbons (Fsp3) is 0.462. The average molecular weight is 335 g/mol. The highest BCUT2D eigenvalue weighted by molar-refractivity contribution is 8.00. The second-order valence-corrected chi connectivity index (χ2v) is 8.55. The molecule has 1 fully saturated rings. The SMILES string of the molecule is C[C@@H](Sc1ccc(F)cc1F)C(=O)N[C@@H]1CCS(=O)(=O)C1. The lowest BCUT2D eigenvalue weighted by molar-refractivity contribution is -0.120. The Hall–Kier alpha value is -1.15. The summed E-state index contributed by atoms with van der Waals surface area (Å²) in [6.07, 6.45) is 0.399. The van der Waals surface area contributed by atoms with Gasteiger partial charge >= 0.3 is 0 Å². The quantitative estimate of drug-likeness (QED) is 0.852. The fourth-order valence-electron chi connectivity index (χ4n) is 2.04. The summed E-state index contributed by atoms with van der Waals surface area (Å²) in [7, 11) is -3.06. The number of sulfone groups is 1. The molecule has 0 spiro atoms. The minimum absolute atomic E-state index is 0.0545. The van der Waals surface area contributed by atoms with Gasteiger partial charge in [0, 0.05) is 17.0 Å². The van der Waals surface area contributed by atoms with Crippen molar-refractivity contribution in [2.24, 2.45) is 0 Å². The fourth-order valence-corrected chi connectivity index (χ4v) is 4.59. The second kappa shape index (κ2) is 6.31. The molecule has 0 aromatic heterocycles. The molecule has 1 aromatic carbocycles. The topological polar surface area (TPSA) is 63.2 Å². The molecule has 1 heterocycles. The Morgan fingerprint density at radius 1 is 1.43 bits per heavy atom. The summed E-state index contributed by atoms with van der Waals surface area (Å²) in [5, 5.41) is 2.05. The minimum Gasteiger partial charge on any atom is -0.351 e. The van der Waals surface area contributed by atoms with Crippen LogP contribution in [0.4, 0.5) is 8.78 Å². The number of carbonyl (C=O) groups excluding carboxylic acids is 1. The summed E-state index contributed by atoms with van der Waals surface area (Å²) in [6, 6.07) is 2.78. The Kier molecular flexibility index (Phi) is 4.88. The first-order valence-corrected chi connectivity index (χ1v) is 9.09. The summed E-state index contributed by atoms with van der Waals surface area (Å²) in [5.74, 6) is -1.73. The van der Waals surface area contributed by atoms with Crippen LogP contribution >= 0.6 is 11.8 Å². The number of nitrogens with one attached hydrogen (secondary N) is 1. The highest BCUT2D eigenvalue weighted by Gasteiger charge is 2.30. The van der Waals surface area contributed by atoms with E-state index in [1.807, 2.05) is 0 Å². The van der Waals surface area contributed by atoms with Crippen molar-refractivity contribution in [3.63, 3.8) is 0 Å². The molecule has 21 heavy (non-hydrogen) atoms. The summed E-state index contributed by atoms with van der Waals surface area (Å²) in [4.78, 5) is 12.1. The number of hydrogen-bond acceptors (Lipinski definition) is 4. The van der Waals surface area contributed by atoms with E-state index in [4.69, 9.17) is 0 Å². The molecule has 0 aliphatic carbocycles. The number of hydrogen-bond donors (Lipinski definition) is 1. The molecule has 0 bridgehead atoms. The number of rotatable bonds is 4. The van der Waals surface area contributed by atoms with Crippen molar-refractivity contribution in [2.45, 2.75) is 29.5 Å². The van der Waals surface area contributed by atoms with E-state index in [0.717, 1.165) is 23.9 Å². The molecule has 2 rings (SSSR count). The van der Waals surface area contributed by atoms with Crippen molar-refractivity contribution in [3.8, 4) is 0 Å². The van der Waals surface area contributed by atoms with Crippen LogP contribution in [0, 0.1) is 11.6 Å². The third-order valence-corrected chi connectivity index (χ3v) is 6.07. The predicted octanol–water partition coefficient (Wildman–Crippen LogP) is 1.75. The van der Waals surface area contributed by atoms with Crippen LogP contribution in [0.2, 0.25) is 0 Å². The van der Waals surface area contributed by atoms with E-state index in [2.05, 4.69) is 5.32 Å². The Labute approximate surface area is 126 Å². The van der Waals surface area contributed by atoms with Crippen LogP contribution in [0.25, 0.3) is 0 Å². The van der Waals surface area contributed by atoms with Crippen LogP contribution < -0.4 is 5.32 Å². The van der Waals surface area contributed by atoms with E-state index in [-0.39, 0.29) is 28.4 Å². The number of thioether (sulfide) groups is 1. The Morgan fingerprint density at radius 3 is 2.71 bits per heavy atom. The summed E-state index contributed by atoms with van der Waals surface area (Å²) in [6.45, 7) is 1.59. The predicted molar refractivity (Wildman–Crippen MR) is 76.9 cm³/mol. The highest BCUT2D eigenvalue weighted by Crippen LogP contribution is 2.27. The maximum atomic E-state index is 13.5. The smallest absolute Gasteiger partial charge is 0.233 e. The summed E-state index contributed by atoms with van der Waals surface area (Å²) >= 11 is 0.967. The van der Waals surface area contributed by atoms with Gasteiger partial charge in [0.05, 0.1) is 16.8 Å². The van der Waals surface area contributed by atoms with Crippen LogP contribution in [0.5, 0.6) is 0 Å². The van der Waals surface area contributed by atoms with Gasteiger partial charge in [0.25, 0.3) is 0 Å².